The zero-order chi connectivity index (χ0) is 16.8. The number of oxazole rings is 1. The molecule has 0 saturated carbocycles. The predicted octanol–water partition coefficient (Wildman–Crippen LogP) is 3.62. The molecule has 124 valence electrons. The van der Waals surface area contributed by atoms with E-state index in [9.17, 15) is 4.79 Å². The summed E-state index contributed by atoms with van der Waals surface area (Å²) in [5.74, 6) is 1.74. The van der Waals surface area contributed by atoms with Crippen LogP contribution < -0.4 is 10.6 Å². The zero-order valence-corrected chi connectivity index (χ0v) is 13.9. The number of rotatable bonds is 6. The van der Waals surface area contributed by atoms with Gasteiger partial charge in [-0.25, -0.2) is 9.78 Å². The zero-order valence-electron chi connectivity index (χ0n) is 13.9. The van der Waals surface area contributed by atoms with Crippen molar-refractivity contribution in [2.24, 2.45) is 0 Å². The number of benzene rings is 1. The van der Waals surface area contributed by atoms with Gasteiger partial charge in [0.25, 0.3) is 0 Å². The normalized spacial score (nSPS) is 12.2. The maximum Gasteiger partial charge on any atom is 0.319 e. The van der Waals surface area contributed by atoms with Gasteiger partial charge in [-0.05, 0) is 31.2 Å². The molecule has 2 N–H and O–H groups in total. The van der Waals surface area contributed by atoms with E-state index in [0.29, 0.717) is 24.1 Å². The van der Waals surface area contributed by atoms with Gasteiger partial charge in [-0.15, -0.1) is 0 Å². The van der Waals surface area contributed by atoms with E-state index in [1.807, 2.05) is 31.2 Å². The van der Waals surface area contributed by atoms with Crippen LogP contribution in [0.15, 0.2) is 34.9 Å². The number of carbonyl (C=O) groups excluding carboxylic acids is 1. The molecular weight excluding hydrogens is 294 g/mol. The van der Waals surface area contributed by atoms with Gasteiger partial charge in [-0.2, -0.15) is 0 Å². The molecule has 2 aromatic rings. The molecule has 0 radical (unpaired) electrons. The summed E-state index contributed by atoms with van der Waals surface area (Å²) in [6, 6.07) is 7.04. The quantitative estimate of drug-likeness (QED) is 0.853. The van der Waals surface area contributed by atoms with E-state index in [1.165, 1.54) is 0 Å². The Labute approximate surface area is 136 Å². The predicted molar refractivity (Wildman–Crippen MR) is 89.5 cm³/mol. The molecule has 23 heavy (non-hydrogen) atoms. The third-order valence-corrected chi connectivity index (χ3v) is 3.28. The molecule has 0 aliphatic heterocycles. The number of carbonyl (C=O) groups is 1. The van der Waals surface area contributed by atoms with Crippen LogP contribution in [0.2, 0.25) is 0 Å². The number of hydrogen-bond donors (Lipinski definition) is 2. The third kappa shape index (κ3) is 4.82. The van der Waals surface area contributed by atoms with Crippen LogP contribution in [0.25, 0.3) is 11.5 Å². The summed E-state index contributed by atoms with van der Waals surface area (Å²) in [4.78, 5) is 16.1. The minimum Gasteiger partial charge on any atom is -0.441 e. The number of hydrogen-bond acceptors (Lipinski definition) is 4. The van der Waals surface area contributed by atoms with Gasteiger partial charge >= 0.3 is 6.03 Å². The van der Waals surface area contributed by atoms with Crippen molar-refractivity contribution in [3.63, 3.8) is 0 Å². The van der Waals surface area contributed by atoms with E-state index in [1.54, 1.807) is 13.3 Å². The maximum absolute atomic E-state index is 11.8. The first-order chi connectivity index (χ1) is 11.0. The first-order valence-electron chi connectivity index (χ1n) is 7.62. The van der Waals surface area contributed by atoms with Gasteiger partial charge in [0, 0.05) is 24.3 Å². The van der Waals surface area contributed by atoms with Crippen molar-refractivity contribution in [1.29, 1.82) is 0 Å². The molecule has 0 bridgehead atoms. The molecule has 0 saturated heterocycles. The topological polar surface area (TPSA) is 76.4 Å². The Morgan fingerprint density at radius 1 is 1.26 bits per heavy atom. The van der Waals surface area contributed by atoms with Crippen molar-refractivity contribution in [2.45, 2.75) is 32.7 Å². The number of methoxy groups -OCH3 is 1. The highest BCUT2D eigenvalue weighted by Crippen LogP contribution is 2.24. The van der Waals surface area contributed by atoms with Gasteiger partial charge < -0.3 is 19.8 Å². The van der Waals surface area contributed by atoms with Crippen molar-refractivity contribution in [3.8, 4) is 11.5 Å². The number of aromatic nitrogens is 1. The van der Waals surface area contributed by atoms with Crippen LogP contribution in [-0.4, -0.2) is 30.8 Å². The van der Waals surface area contributed by atoms with Crippen LogP contribution in [0.3, 0.4) is 0 Å². The maximum atomic E-state index is 11.8. The number of ether oxygens (including phenoxy) is 1. The molecule has 0 spiro atoms. The largest absolute Gasteiger partial charge is 0.441 e. The summed E-state index contributed by atoms with van der Waals surface area (Å²) < 4.78 is 10.7. The van der Waals surface area contributed by atoms with Crippen molar-refractivity contribution >= 4 is 11.7 Å². The Morgan fingerprint density at radius 2 is 1.96 bits per heavy atom. The average molecular weight is 317 g/mol. The van der Waals surface area contributed by atoms with Crippen LogP contribution in [0, 0.1) is 0 Å². The lowest BCUT2D eigenvalue weighted by atomic mass is 10.2. The Kier molecular flexibility index (Phi) is 5.76. The lowest BCUT2D eigenvalue weighted by Gasteiger charge is -2.13. The summed E-state index contributed by atoms with van der Waals surface area (Å²) in [6.07, 6.45) is 1.75. The number of amides is 2. The number of anilines is 1. The van der Waals surface area contributed by atoms with Crippen LogP contribution in [0.5, 0.6) is 0 Å². The van der Waals surface area contributed by atoms with Crippen LogP contribution in [0.4, 0.5) is 10.5 Å². The lowest BCUT2D eigenvalue weighted by molar-refractivity contribution is 0.173. The van der Waals surface area contributed by atoms with Crippen LogP contribution >= 0.6 is 0 Å². The van der Waals surface area contributed by atoms with Gasteiger partial charge in [0.15, 0.2) is 0 Å². The van der Waals surface area contributed by atoms with Crippen molar-refractivity contribution in [3.05, 3.63) is 36.2 Å². The SMILES string of the molecule is COC[C@@H](C)NC(=O)Nc1ccc(-c2ncc(C(C)C)o2)cc1. The van der Waals surface area contributed by atoms with Gasteiger partial charge in [0.05, 0.1) is 18.8 Å². The summed E-state index contributed by atoms with van der Waals surface area (Å²) in [6.45, 7) is 6.46. The first kappa shape index (κ1) is 17.0. The molecule has 1 heterocycles. The second-order valence-corrected chi connectivity index (χ2v) is 5.75. The molecule has 0 fully saturated rings. The van der Waals surface area contributed by atoms with Gasteiger partial charge in [0.1, 0.15) is 5.76 Å². The molecule has 1 aromatic heterocycles. The van der Waals surface area contributed by atoms with Crippen molar-refractivity contribution < 1.29 is 13.9 Å². The minimum absolute atomic E-state index is 0.0546. The summed E-state index contributed by atoms with van der Waals surface area (Å²) in [7, 11) is 1.60. The monoisotopic (exact) mass is 317 g/mol. The molecule has 6 nitrogen and oxygen atoms in total. The van der Waals surface area contributed by atoms with E-state index in [0.717, 1.165) is 11.3 Å². The second kappa shape index (κ2) is 7.78. The first-order valence-corrected chi connectivity index (χ1v) is 7.62. The average Bonchev–Trinajstić information content (AvgIpc) is 2.98. The van der Waals surface area contributed by atoms with E-state index < -0.39 is 0 Å². The number of nitrogens with zero attached hydrogens (tertiary/aromatic N) is 1. The fourth-order valence-electron chi connectivity index (χ4n) is 2.07. The molecule has 1 aromatic carbocycles. The van der Waals surface area contributed by atoms with Crippen LogP contribution in [-0.2, 0) is 4.74 Å². The molecule has 0 aliphatic carbocycles. The summed E-state index contributed by atoms with van der Waals surface area (Å²) in [5, 5.41) is 5.56. The molecule has 0 unspecified atom stereocenters. The van der Waals surface area contributed by atoms with Crippen molar-refractivity contribution in [1.82, 2.24) is 10.3 Å². The molecule has 1 atom stereocenters. The van der Waals surface area contributed by atoms with E-state index >= 15 is 0 Å². The van der Waals surface area contributed by atoms with Gasteiger partial charge in [0.2, 0.25) is 5.89 Å². The molecular formula is C17H23N3O3. The van der Waals surface area contributed by atoms with E-state index in [-0.39, 0.29) is 12.1 Å². The molecule has 2 rings (SSSR count). The molecule has 6 heteroatoms. The van der Waals surface area contributed by atoms with E-state index in [4.69, 9.17) is 9.15 Å². The number of nitrogens with one attached hydrogen (secondary N) is 2. The van der Waals surface area contributed by atoms with Crippen molar-refractivity contribution in [2.75, 3.05) is 19.0 Å². The second-order valence-electron chi connectivity index (χ2n) is 5.75. The molecule has 2 amide bonds. The Morgan fingerprint density at radius 3 is 2.52 bits per heavy atom. The summed E-state index contributed by atoms with van der Waals surface area (Å²) in [5.41, 5.74) is 1.57. The number of urea groups is 1. The molecule has 0 aliphatic rings. The highest BCUT2D eigenvalue weighted by atomic mass is 16.5. The van der Waals surface area contributed by atoms with Gasteiger partial charge in [-0.1, -0.05) is 13.8 Å². The van der Waals surface area contributed by atoms with Crippen LogP contribution in [0.1, 0.15) is 32.4 Å². The smallest absolute Gasteiger partial charge is 0.319 e. The third-order valence-electron chi connectivity index (χ3n) is 3.28. The fraction of sp³-hybridized carbons (Fsp3) is 0.412. The Hall–Kier alpha value is -2.34. The fourth-order valence-corrected chi connectivity index (χ4v) is 2.07. The highest BCUT2D eigenvalue weighted by molar-refractivity contribution is 5.89. The Bertz CT molecular complexity index is 635. The highest BCUT2D eigenvalue weighted by Gasteiger charge is 2.10. The van der Waals surface area contributed by atoms with E-state index in [2.05, 4.69) is 29.5 Å². The standard InChI is InChI=1S/C17H23N3O3/c1-11(2)15-9-18-16(23-15)13-5-7-14(8-6-13)20-17(21)19-12(3)10-22-4/h5-9,11-12H,10H2,1-4H3,(H2,19,20,21)/t12-/m1/s1. The minimum atomic E-state index is -0.263. The summed E-state index contributed by atoms with van der Waals surface area (Å²) >= 11 is 0. The Balaban J connectivity index is 1.97. The lowest BCUT2D eigenvalue weighted by Crippen LogP contribution is -2.38. The van der Waals surface area contributed by atoms with Gasteiger partial charge in [-0.3, -0.25) is 0 Å².